The Kier molecular flexibility index (Phi) is 5.23. The second kappa shape index (κ2) is 7.59. The molecule has 1 amide bonds. The van der Waals surface area contributed by atoms with Crippen LogP contribution < -0.4 is 10.5 Å². The van der Waals surface area contributed by atoms with E-state index in [1.807, 2.05) is 0 Å². The van der Waals surface area contributed by atoms with Gasteiger partial charge in [0.05, 0.1) is 15.4 Å². The van der Waals surface area contributed by atoms with Gasteiger partial charge in [0, 0.05) is 0 Å². The van der Waals surface area contributed by atoms with Crippen LogP contribution in [-0.2, 0) is 16.4 Å². The standard InChI is InChI=1S/C20H16FNO4S/c21-17-6-2-3-7-18(17)26-13-14-9-11-15(12-10-14)27(24,25)19-8-4-1-5-16(19)20(22)23/h1-12H,13H2,(H2,22,23). The fourth-order valence-electron chi connectivity index (χ4n) is 2.52. The zero-order valence-electron chi connectivity index (χ0n) is 14.1. The number of carbonyl (C=O) groups excluding carboxylic acids is 1. The minimum absolute atomic E-state index is 0.0193. The fraction of sp³-hybridized carbons (Fsp3) is 0.0500. The molecule has 5 nitrogen and oxygen atoms in total. The van der Waals surface area contributed by atoms with Gasteiger partial charge in [-0.2, -0.15) is 0 Å². The van der Waals surface area contributed by atoms with E-state index in [0.717, 1.165) is 0 Å². The van der Waals surface area contributed by atoms with Crippen LogP contribution in [0.15, 0.2) is 82.6 Å². The summed E-state index contributed by atoms with van der Waals surface area (Å²) in [4.78, 5) is 11.4. The monoisotopic (exact) mass is 385 g/mol. The third-order valence-corrected chi connectivity index (χ3v) is 5.73. The Bertz CT molecular complexity index is 1080. The van der Waals surface area contributed by atoms with Gasteiger partial charge in [0.15, 0.2) is 11.6 Å². The second-order valence-electron chi connectivity index (χ2n) is 5.73. The van der Waals surface area contributed by atoms with Crippen molar-refractivity contribution in [1.29, 1.82) is 0 Å². The average molecular weight is 385 g/mol. The molecular weight excluding hydrogens is 369 g/mol. The lowest BCUT2D eigenvalue weighted by Gasteiger charge is -2.10. The molecule has 0 aliphatic heterocycles. The average Bonchev–Trinajstić information content (AvgIpc) is 2.67. The lowest BCUT2D eigenvalue weighted by Crippen LogP contribution is -2.16. The maximum absolute atomic E-state index is 13.6. The summed E-state index contributed by atoms with van der Waals surface area (Å²) in [6, 6.07) is 17.8. The van der Waals surface area contributed by atoms with Gasteiger partial charge in [0.25, 0.3) is 0 Å². The number of para-hydroxylation sites is 1. The zero-order chi connectivity index (χ0) is 19.4. The second-order valence-corrected chi connectivity index (χ2v) is 7.64. The van der Waals surface area contributed by atoms with Crippen LogP contribution in [0, 0.1) is 5.82 Å². The van der Waals surface area contributed by atoms with E-state index in [9.17, 15) is 17.6 Å². The number of amides is 1. The van der Waals surface area contributed by atoms with Gasteiger partial charge >= 0.3 is 0 Å². The molecule has 2 N–H and O–H groups in total. The maximum Gasteiger partial charge on any atom is 0.250 e. The summed E-state index contributed by atoms with van der Waals surface area (Å²) in [6.45, 7) is 0.0825. The molecule has 0 radical (unpaired) electrons. The van der Waals surface area contributed by atoms with E-state index >= 15 is 0 Å². The molecule has 0 fully saturated rings. The molecule has 0 saturated carbocycles. The van der Waals surface area contributed by atoms with Crippen molar-refractivity contribution < 1.29 is 22.3 Å². The molecule has 0 aliphatic carbocycles. The van der Waals surface area contributed by atoms with Crippen molar-refractivity contribution in [1.82, 2.24) is 0 Å². The molecule has 0 heterocycles. The molecule has 0 spiro atoms. The molecule has 7 heteroatoms. The highest BCUT2D eigenvalue weighted by molar-refractivity contribution is 7.91. The molecule has 3 aromatic rings. The Balaban J connectivity index is 1.83. The van der Waals surface area contributed by atoms with Gasteiger partial charge in [-0.1, -0.05) is 36.4 Å². The number of ether oxygens (including phenoxy) is 1. The van der Waals surface area contributed by atoms with Crippen molar-refractivity contribution in [2.75, 3.05) is 0 Å². The predicted molar refractivity (Wildman–Crippen MR) is 97.6 cm³/mol. The van der Waals surface area contributed by atoms with Crippen LogP contribution in [0.25, 0.3) is 0 Å². The summed E-state index contributed by atoms with van der Waals surface area (Å²) in [7, 11) is -3.91. The van der Waals surface area contributed by atoms with Gasteiger partial charge in [0.2, 0.25) is 15.7 Å². The number of hydrogen-bond donors (Lipinski definition) is 1. The van der Waals surface area contributed by atoms with Crippen LogP contribution in [0.1, 0.15) is 15.9 Å². The highest BCUT2D eigenvalue weighted by Crippen LogP contribution is 2.25. The Morgan fingerprint density at radius 1 is 0.926 bits per heavy atom. The molecule has 27 heavy (non-hydrogen) atoms. The minimum Gasteiger partial charge on any atom is -0.486 e. The van der Waals surface area contributed by atoms with Crippen LogP contribution in [-0.4, -0.2) is 14.3 Å². The Labute approximate surface area is 156 Å². The summed E-state index contributed by atoms with van der Waals surface area (Å²) < 4.78 is 44.6. The van der Waals surface area contributed by atoms with E-state index in [4.69, 9.17) is 10.5 Å². The quantitative estimate of drug-likeness (QED) is 0.705. The fourth-order valence-corrected chi connectivity index (χ4v) is 3.98. The van der Waals surface area contributed by atoms with Crippen LogP contribution in [0.2, 0.25) is 0 Å². The number of halogens is 1. The summed E-state index contributed by atoms with van der Waals surface area (Å²) >= 11 is 0. The summed E-state index contributed by atoms with van der Waals surface area (Å²) in [5.74, 6) is -1.17. The SMILES string of the molecule is NC(=O)c1ccccc1S(=O)(=O)c1ccc(COc2ccccc2F)cc1. The third-order valence-electron chi connectivity index (χ3n) is 3.91. The summed E-state index contributed by atoms with van der Waals surface area (Å²) in [5, 5.41) is 0. The van der Waals surface area contributed by atoms with E-state index in [0.29, 0.717) is 5.56 Å². The Morgan fingerprint density at radius 2 is 1.56 bits per heavy atom. The topological polar surface area (TPSA) is 86.5 Å². The first-order chi connectivity index (χ1) is 12.9. The van der Waals surface area contributed by atoms with Crippen molar-refractivity contribution in [3.05, 3.63) is 89.7 Å². The van der Waals surface area contributed by atoms with Crippen molar-refractivity contribution in [3.8, 4) is 5.75 Å². The molecule has 0 bridgehead atoms. The lowest BCUT2D eigenvalue weighted by atomic mass is 10.2. The molecule has 138 valence electrons. The smallest absolute Gasteiger partial charge is 0.250 e. The van der Waals surface area contributed by atoms with Gasteiger partial charge in [-0.15, -0.1) is 0 Å². The van der Waals surface area contributed by atoms with Crippen LogP contribution in [0.4, 0.5) is 4.39 Å². The molecule has 0 aromatic heterocycles. The van der Waals surface area contributed by atoms with Gasteiger partial charge in [-0.3, -0.25) is 4.79 Å². The van der Waals surface area contributed by atoms with E-state index in [1.54, 1.807) is 30.3 Å². The lowest BCUT2D eigenvalue weighted by molar-refractivity contribution is 0.0997. The Hall–Kier alpha value is -3.19. The zero-order valence-corrected chi connectivity index (χ0v) is 14.9. The normalized spacial score (nSPS) is 11.1. The molecule has 0 saturated heterocycles. The largest absolute Gasteiger partial charge is 0.486 e. The van der Waals surface area contributed by atoms with E-state index in [-0.39, 0.29) is 27.7 Å². The molecule has 3 rings (SSSR count). The van der Waals surface area contributed by atoms with Gasteiger partial charge in [-0.05, 0) is 42.0 Å². The van der Waals surface area contributed by atoms with Gasteiger partial charge < -0.3 is 10.5 Å². The van der Waals surface area contributed by atoms with Gasteiger partial charge in [-0.25, -0.2) is 12.8 Å². The first-order valence-corrected chi connectivity index (χ1v) is 9.48. The first-order valence-electron chi connectivity index (χ1n) is 8.00. The number of hydrogen-bond acceptors (Lipinski definition) is 4. The molecule has 3 aromatic carbocycles. The minimum atomic E-state index is -3.91. The van der Waals surface area contributed by atoms with Gasteiger partial charge in [0.1, 0.15) is 6.61 Å². The van der Waals surface area contributed by atoms with E-state index in [1.165, 1.54) is 42.5 Å². The highest BCUT2D eigenvalue weighted by atomic mass is 32.2. The van der Waals surface area contributed by atoms with Crippen LogP contribution >= 0.6 is 0 Å². The number of sulfone groups is 1. The maximum atomic E-state index is 13.6. The highest BCUT2D eigenvalue weighted by Gasteiger charge is 2.23. The Morgan fingerprint density at radius 3 is 2.22 bits per heavy atom. The van der Waals surface area contributed by atoms with Crippen molar-refractivity contribution in [2.45, 2.75) is 16.4 Å². The molecule has 0 unspecified atom stereocenters. The molecular formula is C20H16FNO4S. The predicted octanol–water partition coefficient (Wildman–Crippen LogP) is 3.34. The van der Waals surface area contributed by atoms with Crippen molar-refractivity contribution in [3.63, 3.8) is 0 Å². The first kappa shape index (κ1) is 18.6. The summed E-state index contributed by atoms with van der Waals surface area (Å²) in [6.07, 6.45) is 0. The van der Waals surface area contributed by atoms with Crippen LogP contribution in [0.5, 0.6) is 5.75 Å². The number of carbonyl (C=O) groups is 1. The number of nitrogens with two attached hydrogens (primary N) is 1. The number of benzene rings is 3. The van der Waals surface area contributed by atoms with Crippen molar-refractivity contribution in [2.24, 2.45) is 5.73 Å². The van der Waals surface area contributed by atoms with Crippen LogP contribution in [0.3, 0.4) is 0 Å². The third kappa shape index (κ3) is 3.98. The van der Waals surface area contributed by atoms with E-state index < -0.39 is 21.6 Å². The number of rotatable bonds is 6. The molecule has 0 atom stereocenters. The number of primary amides is 1. The molecule has 0 aliphatic rings. The summed E-state index contributed by atoms with van der Waals surface area (Å²) in [5.41, 5.74) is 5.87. The van der Waals surface area contributed by atoms with E-state index in [2.05, 4.69) is 0 Å². The van der Waals surface area contributed by atoms with Crippen molar-refractivity contribution >= 4 is 15.7 Å².